The molecule has 0 saturated carbocycles. The van der Waals surface area contributed by atoms with Gasteiger partial charge in [-0.2, -0.15) is 5.10 Å². The van der Waals surface area contributed by atoms with Crippen molar-refractivity contribution in [2.24, 2.45) is 5.10 Å². The monoisotopic (exact) mass is 478 g/mol. The highest BCUT2D eigenvalue weighted by Gasteiger charge is 2.15. The van der Waals surface area contributed by atoms with E-state index in [9.17, 15) is 9.59 Å². The number of hydrogen-bond acceptors (Lipinski definition) is 5. The quantitative estimate of drug-likeness (QED) is 0.319. The lowest BCUT2D eigenvalue weighted by atomic mass is 10.1. The summed E-state index contributed by atoms with van der Waals surface area (Å²) in [5, 5.41) is 16.2. The summed E-state index contributed by atoms with van der Waals surface area (Å²) < 4.78 is 0. The van der Waals surface area contributed by atoms with E-state index in [0.717, 1.165) is 16.7 Å². The Morgan fingerprint density at radius 3 is 2.41 bits per heavy atom. The largest absolute Gasteiger partial charge is 0.395 e. The number of aliphatic hydroxyl groups is 1. The van der Waals surface area contributed by atoms with Crippen molar-refractivity contribution >= 4 is 35.3 Å². The van der Waals surface area contributed by atoms with Gasteiger partial charge in [-0.1, -0.05) is 53.6 Å². The van der Waals surface area contributed by atoms with Crippen molar-refractivity contribution in [1.82, 2.24) is 10.3 Å². The summed E-state index contributed by atoms with van der Waals surface area (Å²) in [5.41, 5.74) is 6.44. The molecular formula is C26H27ClN4O3. The second-order valence-corrected chi connectivity index (χ2v) is 8.35. The van der Waals surface area contributed by atoms with Gasteiger partial charge in [-0.15, -0.1) is 0 Å². The summed E-state index contributed by atoms with van der Waals surface area (Å²) in [6.07, 6.45) is 1.54. The predicted molar refractivity (Wildman–Crippen MR) is 136 cm³/mol. The highest BCUT2D eigenvalue weighted by atomic mass is 35.5. The van der Waals surface area contributed by atoms with E-state index in [1.54, 1.807) is 30.5 Å². The summed E-state index contributed by atoms with van der Waals surface area (Å²) in [7, 11) is 1.91. The van der Waals surface area contributed by atoms with Crippen LogP contribution in [-0.4, -0.2) is 48.2 Å². The zero-order chi connectivity index (χ0) is 24.5. The number of nitrogens with zero attached hydrogens (tertiary/aromatic N) is 2. The summed E-state index contributed by atoms with van der Waals surface area (Å²) in [5.74, 6) is -0.849. The molecule has 0 bridgehead atoms. The fourth-order valence-electron chi connectivity index (χ4n) is 3.21. The molecule has 0 aromatic heterocycles. The number of likely N-dealkylation sites (N-methyl/N-ethyl adjacent to an activating group) is 1. The average molecular weight is 479 g/mol. The standard InChI is InChI=1S/C26H27ClN4O3/c1-18-3-5-19(6-4-18)16-28-30-26(34)23-15-22(27)11-12-24(23)29-25(33)21-9-7-20(8-10-21)17-31(2)13-14-32/h3-12,15-16,32H,13-14,17H2,1-2H3,(H,29,33)(H,30,34). The maximum Gasteiger partial charge on any atom is 0.273 e. The molecule has 8 heteroatoms. The molecule has 0 spiro atoms. The molecule has 0 aliphatic carbocycles. The fraction of sp³-hybridized carbons (Fsp3) is 0.192. The van der Waals surface area contributed by atoms with Crippen LogP contribution in [0.1, 0.15) is 37.4 Å². The van der Waals surface area contributed by atoms with Crippen LogP contribution in [0.5, 0.6) is 0 Å². The van der Waals surface area contributed by atoms with Gasteiger partial charge in [0.2, 0.25) is 0 Å². The third-order valence-electron chi connectivity index (χ3n) is 5.08. The molecule has 3 rings (SSSR count). The first-order valence-corrected chi connectivity index (χ1v) is 11.1. The first-order valence-electron chi connectivity index (χ1n) is 10.7. The summed E-state index contributed by atoms with van der Waals surface area (Å²) >= 11 is 6.09. The molecule has 176 valence electrons. The Kier molecular flexibility index (Phi) is 8.93. The van der Waals surface area contributed by atoms with Crippen molar-refractivity contribution in [1.29, 1.82) is 0 Å². The van der Waals surface area contributed by atoms with E-state index in [-0.39, 0.29) is 18.1 Å². The van der Waals surface area contributed by atoms with Crippen molar-refractivity contribution in [3.05, 3.63) is 99.6 Å². The molecule has 3 aromatic rings. The molecule has 3 N–H and O–H groups in total. The maximum atomic E-state index is 12.8. The lowest BCUT2D eigenvalue weighted by Crippen LogP contribution is -2.22. The molecule has 0 heterocycles. The normalized spacial score (nSPS) is 11.1. The first-order chi connectivity index (χ1) is 16.4. The van der Waals surface area contributed by atoms with E-state index in [0.29, 0.717) is 29.4 Å². The molecule has 0 saturated heterocycles. The van der Waals surface area contributed by atoms with Crippen LogP contribution in [0.4, 0.5) is 5.69 Å². The first kappa shape index (κ1) is 25.1. The Morgan fingerprint density at radius 1 is 1.03 bits per heavy atom. The molecule has 2 amide bonds. The number of amides is 2. The molecule has 0 unspecified atom stereocenters. The molecule has 0 fully saturated rings. The third-order valence-corrected chi connectivity index (χ3v) is 5.32. The number of benzene rings is 3. The molecule has 7 nitrogen and oxygen atoms in total. The Balaban J connectivity index is 1.68. The molecule has 0 aliphatic rings. The second-order valence-electron chi connectivity index (χ2n) is 7.91. The van der Waals surface area contributed by atoms with Gasteiger partial charge in [0.05, 0.1) is 24.1 Å². The molecule has 0 atom stereocenters. The van der Waals surface area contributed by atoms with Crippen molar-refractivity contribution in [2.45, 2.75) is 13.5 Å². The number of carbonyl (C=O) groups excluding carboxylic acids is 2. The number of aryl methyl sites for hydroxylation is 1. The van der Waals surface area contributed by atoms with Crippen LogP contribution in [-0.2, 0) is 6.54 Å². The van der Waals surface area contributed by atoms with Crippen molar-refractivity contribution in [2.75, 3.05) is 25.5 Å². The topological polar surface area (TPSA) is 94.0 Å². The van der Waals surface area contributed by atoms with Crippen molar-refractivity contribution < 1.29 is 14.7 Å². The number of aliphatic hydroxyl groups excluding tert-OH is 1. The highest BCUT2D eigenvalue weighted by molar-refractivity contribution is 6.31. The number of hydrazone groups is 1. The zero-order valence-corrected chi connectivity index (χ0v) is 19.8. The van der Waals surface area contributed by atoms with Crippen LogP contribution in [0.2, 0.25) is 5.02 Å². The number of rotatable bonds is 9. The van der Waals surface area contributed by atoms with E-state index in [1.807, 2.05) is 55.3 Å². The Morgan fingerprint density at radius 2 is 1.74 bits per heavy atom. The zero-order valence-electron chi connectivity index (χ0n) is 19.1. The van der Waals surface area contributed by atoms with Crippen LogP contribution in [0, 0.1) is 6.92 Å². The smallest absolute Gasteiger partial charge is 0.273 e. The predicted octanol–water partition coefficient (Wildman–Crippen LogP) is 4.09. The van der Waals surface area contributed by atoms with Crippen molar-refractivity contribution in [3.63, 3.8) is 0 Å². The number of hydrogen-bond donors (Lipinski definition) is 3. The van der Waals surface area contributed by atoms with Gasteiger partial charge in [-0.25, -0.2) is 5.43 Å². The summed E-state index contributed by atoms with van der Waals surface area (Å²) in [6, 6.07) is 19.5. The lowest BCUT2D eigenvalue weighted by molar-refractivity contribution is 0.0956. The maximum absolute atomic E-state index is 12.8. The van der Waals surface area contributed by atoms with Gasteiger partial charge in [0, 0.05) is 23.7 Å². The van der Waals surface area contributed by atoms with Crippen LogP contribution in [0.3, 0.4) is 0 Å². The van der Waals surface area contributed by atoms with Gasteiger partial charge in [0.1, 0.15) is 0 Å². The number of nitrogens with one attached hydrogen (secondary N) is 2. The van der Waals surface area contributed by atoms with Crippen LogP contribution < -0.4 is 10.7 Å². The Bertz CT molecular complexity index is 1160. The van der Waals surface area contributed by atoms with E-state index in [2.05, 4.69) is 15.8 Å². The number of anilines is 1. The molecular weight excluding hydrogens is 452 g/mol. The van der Waals surface area contributed by atoms with Gasteiger partial charge >= 0.3 is 0 Å². The van der Waals surface area contributed by atoms with Gasteiger partial charge in [-0.05, 0) is 55.4 Å². The third kappa shape index (κ3) is 7.25. The molecule has 0 radical (unpaired) electrons. The summed E-state index contributed by atoms with van der Waals surface area (Å²) in [4.78, 5) is 27.5. The van der Waals surface area contributed by atoms with Crippen LogP contribution in [0.15, 0.2) is 71.8 Å². The van der Waals surface area contributed by atoms with E-state index in [1.165, 1.54) is 6.07 Å². The Hall–Kier alpha value is -3.52. The fourth-order valence-corrected chi connectivity index (χ4v) is 3.38. The minimum Gasteiger partial charge on any atom is -0.395 e. The minimum atomic E-state index is -0.497. The Labute approximate surface area is 204 Å². The van der Waals surface area contributed by atoms with Gasteiger partial charge in [0.15, 0.2) is 0 Å². The number of carbonyl (C=O) groups is 2. The van der Waals surface area contributed by atoms with Crippen LogP contribution >= 0.6 is 11.6 Å². The number of halogens is 1. The van der Waals surface area contributed by atoms with Gasteiger partial charge in [0.25, 0.3) is 11.8 Å². The molecule has 3 aromatic carbocycles. The SMILES string of the molecule is Cc1ccc(C=NNC(=O)c2cc(Cl)ccc2NC(=O)c2ccc(CN(C)CCO)cc2)cc1. The summed E-state index contributed by atoms with van der Waals surface area (Å²) in [6.45, 7) is 3.31. The highest BCUT2D eigenvalue weighted by Crippen LogP contribution is 2.22. The molecule has 34 heavy (non-hydrogen) atoms. The second kappa shape index (κ2) is 12.1. The van der Waals surface area contributed by atoms with Crippen LogP contribution in [0.25, 0.3) is 0 Å². The van der Waals surface area contributed by atoms with E-state index in [4.69, 9.17) is 16.7 Å². The van der Waals surface area contributed by atoms with Gasteiger partial charge in [-0.3, -0.25) is 14.5 Å². The van der Waals surface area contributed by atoms with E-state index < -0.39 is 5.91 Å². The minimum absolute atomic E-state index is 0.0885. The average Bonchev–Trinajstić information content (AvgIpc) is 2.82. The molecule has 0 aliphatic heterocycles. The van der Waals surface area contributed by atoms with Gasteiger partial charge < -0.3 is 10.4 Å². The van der Waals surface area contributed by atoms with E-state index >= 15 is 0 Å². The lowest BCUT2D eigenvalue weighted by Gasteiger charge is -2.15. The van der Waals surface area contributed by atoms with Crippen molar-refractivity contribution in [3.8, 4) is 0 Å².